The SMILES string of the molecule is c1ccc2cc(-c3nc(-c4ccc5cc6ccccc6cc5c4)nc(-c4cccc5c(-c6ccc7ccccc7c6)cccc45)n3)ccc2c1. The first kappa shape index (κ1) is 28.3. The molecular weight excluding hydrogens is 607 g/mol. The molecule has 0 fully saturated rings. The second kappa shape index (κ2) is 11.5. The fourth-order valence-corrected chi connectivity index (χ4v) is 7.28. The third kappa shape index (κ3) is 4.87. The molecule has 3 nitrogen and oxygen atoms in total. The van der Waals surface area contributed by atoms with E-state index in [1.807, 2.05) is 0 Å². The smallest absolute Gasteiger partial charge is 0.164 e. The molecular formula is C47H29N3. The van der Waals surface area contributed by atoms with Gasteiger partial charge in [0.1, 0.15) is 0 Å². The van der Waals surface area contributed by atoms with Gasteiger partial charge in [-0.2, -0.15) is 0 Å². The summed E-state index contributed by atoms with van der Waals surface area (Å²) in [5.41, 5.74) is 5.25. The zero-order chi connectivity index (χ0) is 33.0. The van der Waals surface area contributed by atoms with Gasteiger partial charge in [-0.3, -0.25) is 0 Å². The Bertz CT molecular complexity index is 2940. The van der Waals surface area contributed by atoms with Crippen LogP contribution in [0.3, 0.4) is 0 Å². The zero-order valence-corrected chi connectivity index (χ0v) is 27.1. The summed E-state index contributed by atoms with van der Waals surface area (Å²) in [6.45, 7) is 0. The van der Waals surface area contributed by atoms with E-state index in [0.717, 1.165) is 38.2 Å². The van der Waals surface area contributed by atoms with Gasteiger partial charge in [-0.25, -0.2) is 15.0 Å². The Kier molecular flexibility index (Phi) is 6.49. The van der Waals surface area contributed by atoms with E-state index < -0.39 is 0 Å². The van der Waals surface area contributed by atoms with Crippen LogP contribution in [0.4, 0.5) is 0 Å². The van der Waals surface area contributed by atoms with E-state index in [1.165, 1.54) is 43.4 Å². The topological polar surface area (TPSA) is 38.7 Å². The number of hydrogen-bond donors (Lipinski definition) is 0. The Morgan fingerprint density at radius 1 is 0.240 bits per heavy atom. The summed E-state index contributed by atoms with van der Waals surface area (Å²) >= 11 is 0. The standard InChI is InChI=1S/C47H29N3/c1-3-11-32-26-37(22-19-30(32)9-1)41-15-7-17-43-42(41)16-8-18-44(43)47-49-45(38-23-20-31-10-2-4-12-33(31)27-38)48-46(50-47)39-24-21-36-25-34-13-5-6-14-35(34)28-40(36)29-39/h1-29H. The minimum absolute atomic E-state index is 0.649. The van der Waals surface area contributed by atoms with Gasteiger partial charge in [0, 0.05) is 16.7 Å². The minimum atomic E-state index is 0.649. The number of fused-ring (bicyclic) bond motifs is 5. The van der Waals surface area contributed by atoms with E-state index in [1.54, 1.807) is 0 Å². The minimum Gasteiger partial charge on any atom is -0.208 e. The van der Waals surface area contributed by atoms with Crippen molar-refractivity contribution in [3.63, 3.8) is 0 Å². The maximum Gasteiger partial charge on any atom is 0.164 e. The maximum absolute atomic E-state index is 5.20. The van der Waals surface area contributed by atoms with Gasteiger partial charge in [0.15, 0.2) is 17.5 Å². The van der Waals surface area contributed by atoms with Gasteiger partial charge in [-0.05, 0) is 95.3 Å². The van der Waals surface area contributed by atoms with Crippen molar-refractivity contribution in [1.29, 1.82) is 0 Å². The van der Waals surface area contributed by atoms with Crippen LogP contribution in [0.1, 0.15) is 0 Å². The fraction of sp³-hybridized carbons (Fsp3) is 0. The Morgan fingerprint density at radius 3 is 1.26 bits per heavy atom. The highest BCUT2D eigenvalue weighted by Gasteiger charge is 2.16. The van der Waals surface area contributed by atoms with Gasteiger partial charge in [0.25, 0.3) is 0 Å². The van der Waals surface area contributed by atoms with Gasteiger partial charge in [-0.1, -0.05) is 146 Å². The molecule has 0 atom stereocenters. The van der Waals surface area contributed by atoms with Crippen molar-refractivity contribution in [1.82, 2.24) is 15.0 Å². The molecule has 10 rings (SSSR count). The molecule has 0 aliphatic heterocycles. The summed E-state index contributed by atoms with van der Waals surface area (Å²) in [4.78, 5) is 15.5. The number of hydrogen-bond acceptors (Lipinski definition) is 3. The largest absolute Gasteiger partial charge is 0.208 e. The highest BCUT2D eigenvalue weighted by Crippen LogP contribution is 2.36. The molecule has 0 radical (unpaired) electrons. The predicted octanol–water partition coefficient (Wildman–Crippen LogP) is 12.3. The quantitative estimate of drug-likeness (QED) is 0.181. The Hall–Kier alpha value is -6.71. The van der Waals surface area contributed by atoms with Crippen molar-refractivity contribution in [2.75, 3.05) is 0 Å². The fourth-order valence-electron chi connectivity index (χ4n) is 7.28. The molecule has 9 aromatic carbocycles. The van der Waals surface area contributed by atoms with Crippen LogP contribution in [0, 0.1) is 0 Å². The van der Waals surface area contributed by atoms with E-state index in [9.17, 15) is 0 Å². The van der Waals surface area contributed by atoms with Crippen molar-refractivity contribution in [2.24, 2.45) is 0 Å². The molecule has 0 aliphatic rings. The van der Waals surface area contributed by atoms with Crippen molar-refractivity contribution in [3.05, 3.63) is 176 Å². The van der Waals surface area contributed by atoms with Crippen LogP contribution in [0.25, 0.3) is 99.2 Å². The number of rotatable bonds is 4. The van der Waals surface area contributed by atoms with E-state index in [4.69, 9.17) is 15.0 Å². The monoisotopic (exact) mass is 635 g/mol. The van der Waals surface area contributed by atoms with Crippen LogP contribution in [0.15, 0.2) is 176 Å². The Balaban J connectivity index is 1.18. The predicted molar refractivity (Wildman–Crippen MR) is 209 cm³/mol. The first-order valence-corrected chi connectivity index (χ1v) is 16.9. The van der Waals surface area contributed by atoms with Crippen LogP contribution < -0.4 is 0 Å². The van der Waals surface area contributed by atoms with Crippen LogP contribution in [0.5, 0.6) is 0 Å². The Morgan fingerprint density at radius 2 is 0.640 bits per heavy atom. The number of aromatic nitrogens is 3. The second-order valence-electron chi connectivity index (χ2n) is 12.9. The van der Waals surface area contributed by atoms with E-state index >= 15 is 0 Å². The second-order valence-corrected chi connectivity index (χ2v) is 12.9. The van der Waals surface area contributed by atoms with Crippen LogP contribution in [0.2, 0.25) is 0 Å². The number of benzene rings is 9. The highest BCUT2D eigenvalue weighted by atomic mass is 15.0. The lowest BCUT2D eigenvalue weighted by atomic mass is 9.94. The third-order valence-corrected chi connectivity index (χ3v) is 9.83. The third-order valence-electron chi connectivity index (χ3n) is 9.83. The molecule has 0 N–H and O–H groups in total. The summed E-state index contributed by atoms with van der Waals surface area (Å²) < 4.78 is 0. The molecule has 0 aliphatic carbocycles. The first-order valence-electron chi connectivity index (χ1n) is 16.9. The van der Waals surface area contributed by atoms with Gasteiger partial charge < -0.3 is 0 Å². The molecule has 0 saturated heterocycles. The summed E-state index contributed by atoms with van der Waals surface area (Å²) in [6, 6.07) is 62.5. The maximum atomic E-state index is 5.20. The van der Waals surface area contributed by atoms with Crippen molar-refractivity contribution in [3.8, 4) is 45.3 Å². The lowest BCUT2D eigenvalue weighted by Gasteiger charge is -2.13. The first-order chi connectivity index (χ1) is 24.7. The molecule has 0 saturated carbocycles. The van der Waals surface area contributed by atoms with Gasteiger partial charge in [0.2, 0.25) is 0 Å². The summed E-state index contributed by atoms with van der Waals surface area (Å²) in [5, 5.41) is 11.8. The molecule has 10 aromatic rings. The van der Waals surface area contributed by atoms with Crippen molar-refractivity contribution < 1.29 is 0 Å². The molecule has 1 heterocycles. The highest BCUT2D eigenvalue weighted by molar-refractivity contribution is 6.05. The van der Waals surface area contributed by atoms with Crippen LogP contribution in [-0.4, -0.2) is 15.0 Å². The van der Waals surface area contributed by atoms with Gasteiger partial charge in [-0.15, -0.1) is 0 Å². The summed E-state index contributed by atoms with van der Waals surface area (Å²) in [7, 11) is 0. The molecule has 50 heavy (non-hydrogen) atoms. The summed E-state index contributed by atoms with van der Waals surface area (Å²) in [5.74, 6) is 1.95. The molecule has 3 heteroatoms. The zero-order valence-electron chi connectivity index (χ0n) is 27.1. The van der Waals surface area contributed by atoms with Crippen LogP contribution >= 0.6 is 0 Å². The normalized spacial score (nSPS) is 11.6. The van der Waals surface area contributed by atoms with E-state index in [2.05, 4.69) is 176 Å². The average Bonchev–Trinajstić information content (AvgIpc) is 3.18. The lowest BCUT2D eigenvalue weighted by molar-refractivity contribution is 1.08. The van der Waals surface area contributed by atoms with E-state index in [-0.39, 0.29) is 0 Å². The molecule has 1 aromatic heterocycles. The van der Waals surface area contributed by atoms with Gasteiger partial charge in [0.05, 0.1) is 0 Å². The van der Waals surface area contributed by atoms with Gasteiger partial charge >= 0.3 is 0 Å². The Labute approximate surface area is 289 Å². The van der Waals surface area contributed by atoms with E-state index in [0.29, 0.717) is 17.5 Å². The van der Waals surface area contributed by atoms with Crippen LogP contribution in [-0.2, 0) is 0 Å². The van der Waals surface area contributed by atoms with Crippen molar-refractivity contribution in [2.45, 2.75) is 0 Å². The molecule has 0 unspecified atom stereocenters. The molecule has 232 valence electrons. The molecule has 0 spiro atoms. The molecule has 0 bridgehead atoms. The lowest BCUT2D eigenvalue weighted by Crippen LogP contribution is -2.01. The molecule has 0 amide bonds. The average molecular weight is 636 g/mol. The van der Waals surface area contributed by atoms with Crippen molar-refractivity contribution >= 4 is 53.9 Å². The summed E-state index contributed by atoms with van der Waals surface area (Å²) in [6.07, 6.45) is 0. The number of nitrogens with zero attached hydrogens (tertiary/aromatic N) is 3.